The molecule has 0 fully saturated rings. The van der Waals surface area contributed by atoms with Gasteiger partial charge in [0, 0.05) is 22.0 Å². The molecule has 2 heterocycles. The molecule has 0 unspecified atom stereocenters. The summed E-state index contributed by atoms with van der Waals surface area (Å²) in [5, 5.41) is 14.0. The first-order valence-electron chi connectivity index (χ1n) is 8.74. The number of nitrogens with zero attached hydrogens (tertiary/aromatic N) is 4. The predicted molar refractivity (Wildman–Crippen MR) is 106 cm³/mol. The molecule has 0 spiro atoms. The lowest BCUT2D eigenvalue weighted by atomic mass is 10.1. The van der Waals surface area contributed by atoms with E-state index in [4.69, 9.17) is 20.8 Å². The lowest BCUT2D eigenvalue weighted by Crippen LogP contribution is -2.08. The van der Waals surface area contributed by atoms with Gasteiger partial charge in [0.15, 0.2) is 0 Å². The van der Waals surface area contributed by atoms with Crippen molar-refractivity contribution < 1.29 is 9.15 Å². The van der Waals surface area contributed by atoms with E-state index in [1.165, 1.54) is 10.9 Å². The molecule has 0 radical (unpaired) electrons. The number of aryl methyl sites for hydroxylation is 1. The molecule has 7 nitrogen and oxygen atoms in total. The summed E-state index contributed by atoms with van der Waals surface area (Å²) in [6, 6.07) is 12.5. The van der Waals surface area contributed by atoms with E-state index >= 15 is 0 Å². The number of hydrogen-bond acceptors (Lipinski definition) is 6. The number of aromatic nitrogens is 4. The normalized spacial score (nSPS) is 11.1. The van der Waals surface area contributed by atoms with Crippen LogP contribution < -0.4 is 10.4 Å². The Bertz CT molecular complexity index is 1220. The molecule has 0 N–H and O–H groups in total. The molecule has 0 aliphatic rings. The van der Waals surface area contributed by atoms with Gasteiger partial charge in [-0.3, -0.25) is 0 Å². The van der Waals surface area contributed by atoms with Crippen molar-refractivity contribution in [3.05, 3.63) is 69.0 Å². The smallest absolute Gasteiger partial charge is 0.336 e. The van der Waals surface area contributed by atoms with Gasteiger partial charge in [0.25, 0.3) is 0 Å². The highest BCUT2D eigenvalue weighted by Gasteiger charge is 2.13. The Kier molecular flexibility index (Phi) is 4.83. The van der Waals surface area contributed by atoms with Gasteiger partial charge in [0.1, 0.15) is 11.3 Å². The van der Waals surface area contributed by atoms with Crippen LogP contribution in [0.25, 0.3) is 22.4 Å². The van der Waals surface area contributed by atoms with Crippen LogP contribution in [0.1, 0.15) is 18.1 Å². The van der Waals surface area contributed by atoms with Crippen LogP contribution >= 0.6 is 11.6 Å². The van der Waals surface area contributed by atoms with Gasteiger partial charge in [0.2, 0.25) is 5.82 Å². The number of methoxy groups -OCH3 is 1. The molecule has 0 atom stereocenters. The number of tetrazole rings is 1. The molecule has 142 valence electrons. The van der Waals surface area contributed by atoms with Gasteiger partial charge in [-0.05, 0) is 47.0 Å². The van der Waals surface area contributed by atoms with E-state index in [9.17, 15) is 4.79 Å². The molecular weight excluding hydrogens is 380 g/mol. The fourth-order valence-electron chi connectivity index (χ4n) is 3.03. The minimum atomic E-state index is -0.431. The van der Waals surface area contributed by atoms with E-state index in [0.29, 0.717) is 27.7 Å². The van der Waals surface area contributed by atoms with Gasteiger partial charge in [-0.15, -0.1) is 10.2 Å². The molecule has 2 aromatic carbocycles. The fraction of sp³-hybridized carbons (Fsp3) is 0.200. The van der Waals surface area contributed by atoms with Gasteiger partial charge in [-0.1, -0.05) is 30.7 Å². The van der Waals surface area contributed by atoms with Crippen LogP contribution in [0.5, 0.6) is 5.75 Å². The Morgan fingerprint density at radius 2 is 2.04 bits per heavy atom. The first-order chi connectivity index (χ1) is 13.6. The highest BCUT2D eigenvalue weighted by molar-refractivity contribution is 6.32. The Morgan fingerprint density at radius 1 is 1.18 bits per heavy atom. The number of benzene rings is 2. The monoisotopic (exact) mass is 396 g/mol. The number of hydrogen-bond donors (Lipinski definition) is 0. The van der Waals surface area contributed by atoms with Crippen molar-refractivity contribution in [3.8, 4) is 17.1 Å². The number of rotatable bonds is 5. The van der Waals surface area contributed by atoms with Crippen LogP contribution in [0.2, 0.25) is 5.02 Å². The summed E-state index contributed by atoms with van der Waals surface area (Å²) < 4.78 is 10.6. The SMILES string of the molecule is CCc1cc2oc(=O)cc(Cn3nnc(-c4cccc(OC)c4)n3)c2cc1Cl. The number of fused-ring (bicyclic) bond motifs is 1. The number of halogens is 1. The molecular formula is C20H17ClN4O3. The molecule has 8 heteroatoms. The average molecular weight is 397 g/mol. The van der Waals surface area contributed by atoms with Crippen molar-refractivity contribution >= 4 is 22.6 Å². The lowest BCUT2D eigenvalue weighted by Gasteiger charge is -2.07. The average Bonchev–Trinajstić information content (AvgIpc) is 3.16. The summed E-state index contributed by atoms with van der Waals surface area (Å²) in [6.07, 6.45) is 0.747. The van der Waals surface area contributed by atoms with Gasteiger partial charge in [-0.2, -0.15) is 4.80 Å². The lowest BCUT2D eigenvalue weighted by molar-refractivity contribution is 0.415. The van der Waals surface area contributed by atoms with Crippen LogP contribution in [-0.4, -0.2) is 27.3 Å². The van der Waals surface area contributed by atoms with Crippen molar-refractivity contribution in [2.24, 2.45) is 0 Å². The summed E-state index contributed by atoms with van der Waals surface area (Å²) in [5.74, 6) is 1.18. The summed E-state index contributed by atoms with van der Waals surface area (Å²) in [6.45, 7) is 2.26. The zero-order valence-corrected chi connectivity index (χ0v) is 16.1. The van der Waals surface area contributed by atoms with Gasteiger partial charge >= 0.3 is 5.63 Å². The van der Waals surface area contributed by atoms with E-state index < -0.39 is 5.63 Å². The quantitative estimate of drug-likeness (QED) is 0.478. The maximum atomic E-state index is 12.0. The van der Waals surface area contributed by atoms with Crippen molar-refractivity contribution in [3.63, 3.8) is 0 Å². The van der Waals surface area contributed by atoms with Gasteiger partial charge < -0.3 is 9.15 Å². The fourth-order valence-corrected chi connectivity index (χ4v) is 3.33. The summed E-state index contributed by atoms with van der Waals surface area (Å²) >= 11 is 6.35. The zero-order valence-electron chi connectivity index (χ0n) is 15.3. The molecule has 0 aliphatic carbocycles. The van der Waals surface area contributed by atoms with Crippen molar-refractivity contribution in [2.75, 3.05) is 7.11 Å². The Hall–Kier alpha value is -3.19. The molecule has 28 heavy (non-hydrogen) atoms. The van der Waals surface area contributed by atoms with Crippen LogP contribution in [0.3, 0.4) is 0 Å². The van der Waals surface area contributed by atoms with Crippen molar-refractivity contribution in [1.29, 1.82) is 0 Å². The first kappa shape index (κ1) is 18.2. The highest BCUT2D eigenvalue weighted by atomic mass is 35.5. The van der Waals surface area contributed by atoms with Crippen LogP contribution in [0.4, 0.5) is 0 Å². The Balaban J connectivity index is 1.71. The van der Waals surface area contributed by atoms with Crippen molar-refractivity contribution in [2.45, 2.75) is 19.9 Å². The third-order valence-electron chi connectivity index (χ3n) is 4.47. The third-order valence-corrected chi connectivity index (χ3v) is 4.82. The number of ether oxygens (including phenoxy) is 1. The molecule has 4 aromatic rings. The summed E-state index contributed by atoms with van der Waals surface area (Å²) in [7, 11) is 1.60. The zero-order chi connectivity index (χ0) is 19.7. The second-order valence-corrected chi connectivity index (χ2v) is 6.67. The predicted octanol–water partition coefficient (Wildman–Crippen LogP) is 3.72. The van der Waals surface area contributed by atoms with Crippen LogP contribution in [0, 0.1) is 0 Å². The van der Waals surface area contributed by atoms with E-state index in [1.54, 1.807) is 13.2 Å². The molecule has 0 aliphatic heterocycles. The second kappa shape index (κ2) is 7.44. The van der Waals surface area contributed by atoms with Gasteiger partial charge in [-0.25, -0.2) is 4.79 Å². The minimum absolute atomic E-state index is 0.265. The maximum Gasteiger partial charge on any atom is 0.336 e. The standard InChI is InChI=1S/C20H17ClN4O3/c1-3-12-8-18-16(10-17(12)21)14(9-19(26)28-18)11-25-23-20(22-24-25)13-5-4-6-15(7-13)27-2/h4-10H,3,11H2,1-2H3. The van der Waals surface area contributed by atoms with E-state index in [-0.39, 0.29) is 6.54 Å². The summed E-state index contributed by atoms with van der Waals surface area (Å²) in [5.41, 5.74) is 2.50. The largest absolute Gasteiger partial charge is 0.497 e. The molecule has 0 saturated heterocycles. The molecule has 4 rings (SSSR count). The second-order valence-electron chi connectivity index (χ2n) is 6.26. The third kappa shape index (κ3) is 3.48. The first-order valence-corrected chi connectivity index (χ1v) is 9.12. The van der Waals surface area contributed by atoms with Crippen LogP contribution in [-0.2, 0) is 13.0 Å². The Labute approximate surface area is 165 Å². The van der Waals surface area contributed by atoms with Crippen LogP contribution in [0.15, 0.2) is 51.7 Å². The maximum absolute atomic E-state index is 12.0. The van der Waals surface area contributed by atoms with E-state index in [1.807, 2.05) is 37.3 Å². The molecule has 0 bridgehead atoms. The summed E-state index contributed by atoms with van der Waals surface area (Å²) in [4.78, 5) is 13.4. The molecule has 2 aromatic heterocycles. The minimum Gasteiger partial charge on any atom is -0.497 e. The van der Waals surface area contributed by atoms with E-state index in [0.717, 1.165) is 22.9 Å². The highest BCUT2D eigenvalue weighted by Crippen LogP contribution is 2.26. The van der Waals surface area contributed by atoms with Crippen molar-refractivity contribution in [1.82, 2.24) is 20.2 Å². The Morgan fingerprint density at radius 3 is 2.82 bits per heavy atom. The topological polar surface area (TPSA) is 83.0 Å². The van der Waals surface area contributed by atoms with E-state index in [2.05, 4.69) is 15.4 Å². The molecule has 0 saturated carbocycles. The van der Waals surface area contributed by atoms with Gasteiger partial charge in [0.05, 0.1) is 13.7 Å². The molecule has 0 amide bonds.